The summed E-state index contributed by atoms with van der Waals surface area (Å²) in [5.41, 5.74) is 0.793. The van der Waals surface area contributed by atoms with Crippen LogP contribution in [0.5, 0.6) is 0 Å². The van der Waals surface area contributed by atoms with E-state index in [1.165, 1.54) is 17.7 Å². The van der Waals surface area contributed by atoms with Gasteiger partial charge >= 0.3 is 5.69 Å². The number of nitro groups is 1. The van der Waals surface area contributed by atoms with E-state index < -0.39 is 16.2 Å². The van der Waals surface area contributed by atoms with Crippen LogP contribution in [0.3, 0.4) is 0 Å². The summed E-state index contributed by atoms with van der Waals surface area (Å²) >= 11 is 6.21. The molecule has 0 aliphatic heterocycles. The Morgan fingerprint density at radius 3 is 2.59 bits per heavy atom. The Balaban J connectivity index is 2.11. The number of halogens is 1. The lowest BCUT2D eigenvalue weighted by Crippen LogP contribution is -2.40. The predicted octanol–water partition coefficient (Wildman–Crippen LogP) is 2.67. The van der Waals surface area contributed by atoms with E-state index >= 15 is 0 Å². The summed E-state index contributed by atoms with van der Waals surface area (Å²) in [5, 5.41) is 11.3. The molecule has 0 unspecified atom stereocenters. The lowest BCUT2D eigenvalue weighted by atomic mass is 10.1. The van der Waals surface area contributed by atoms with Crippen molar-refractivity contribution in [2.45, 2.75) is 33.4 Å². The van der Waals surface area contributed by atoms with E-state index in [1.807, 2.05) is 19.9 Å². The highest BCUT2D eigenvalue weighted by Crippen LogP contribution is 2.19. The Morgan fingerprint density at radius 2 is 1.93 bits per heavy atom. The Hall–Kier alpha value is -3.20. The second-order valence-corrected chi connectivity index (χ2v) is 7.22. The van der Waals surface area contributed by atoms with E-state index in [2.05, 4.69) is 4.98 Å². The Kier molecular flexibility index (Phi) is 5.69. The molecular formula is C19H20ClN5O4. The number of hydrogen-bond donors (Lipinski definition) is 0. The van der Waals surface area contributed by atoms with Crippen molar-refractivity contribution in [3.63, 3.8) is 0 Å². The fraction of sp³-hybridized carbons (Fsp3) is 0.316. The molecule has 0 fully saturated rings. The van der Waals surface area contributed by atoms with E-state index in [4.69, 9.17) is 11.6 Å². The fourth-order valence-corrected chi connectivity index (χ4v) is 3.35. The van der Waals surface area contributed by atoms with Gasteiger partial charge in [0, 0.05) is 31.8 Å². The zero-order valence-corrected chi connectivity index (χ0v) is 17.0. The number of hydrogen-bond acceptors (Lipinski definition) is 5. The second-order valence-electron chi connectivity index (χ2n) is 6.88. The molecule has 2 heterocycles. The van der Waals surface area contributed by atoms with Crippen molar-refractivity contribution < 1.29 is 4.92 Å². The second kappa shape index (κ2) is 8.04. The third-order valence-corrected chi connectivity index (χ3v) is 4.95. The third kappa shape index (κ3) is 3.86. The van der Waals surface area contributed by atoms with Gasteiger partial charge in [-0.25, -0.2) is 4.79 Å². The van der Waals surface area contributed by atoms with Crippen LogP contribution in [0, 0.1) is 10.1 Å². The van der Waals surface area contributed by atoms with Gasteiger partial charge in [0.25, 0.3) is 11.2 Å². The van der Waals surface area contributed by atoms with Crippen LogP contribution in [0.1, 0.15) is 19.4 Å². The summed E-state index contributed by atoms with van der Waals surface area (Å²) in [6, 6.07) is 6.26. The number of rotatable bonds is 6. The molecule has 0 amide bonds. The minimum absolute atomic E-state index is 0.00224. The molecule has 2 aromatic heterocycles. The average molecular weight is 418 g/mol. The van der Waals surface area contributed by atoms with Crippen LogP contribution in [-0.4, -0.2) is 23.6 Å². The van der Waals surface area contributed by atoms with Gasteiger partial charge in [0.2, 0.25) is 5.28 Å². The standard InChI is InChI=1S/C19H20ClN5O4/c1-12(2)8-10-23-15-16(21-18(23)20)22(3)19(27)24(17(15)26)11-9-13-6-4-5-7-14(13)25(28)29/h4-8H,9-11H2,1-3H3. The van der Waals surface area contributed by atoms with Gasteiger partial charge in [0.05, 0.1) is 4.92 Å². The van der Waals surface area contributed by atoms with Gasteiger partial charge in [-0.05, 0) is 31.9 Å². The number of nitro benzene ring substituents is 1. The average Bonchev–Trinajstić information content (AvgIpc) is 3.01. The summed E-state index contributed by atoms with van der Waals surface area (Å²) in [5.74, 6) is 0. The van der Waals surface area contributed by atoms with Crippen LogP contribution in [0.4, 0.5) is 5.69 Å². The topological polar surface area (TPSA) is 105 Å². The number of aryl methyl sites for hydroxylation is 2. The molecule has 1 aromatic carbocycles. The van der Waals surface area contributed by atoms with Crippen LogP contribution >= 0.6 is 11.6 Å². The molecule has 0 aliphatic carbocycles. The summed E-state index contributed by atoms with van der Waals surface area (Å²) in [6.07, 6.45) is 2.06. The number of aromatic nitrogens is 4. The molecule has 0 bridgehead atoms. The normalized spacial score (nSPS) is 11.0. The highest BCUT2D eigenvalue weighted by Gasteiger charge is 2.20. The van der Waals surface area contributed by atoms with Crippen molar-refractivity contribution in [2.24, 2.45) is 7.05 Å². The van der Waals surface area contributed by atoms with Gasteiger partial charge in [-0.3, -0.25) is 24.0 Å². The monoisotopic (exact) mass is 417 g/mol. The first kappa shape index (κ1) is 20.5. The first-order valence-electron chi connectivity index (χ1n) is 8.93. The first-order valence-corrected chi connectivity index (χ1v) is 9.31. The molecule has 0 saturated carbocycles. The Bertz CT molecular complexity index is 1250. The number of fused-ring (bicyclic) bond motifs is 1. The number of nitrogens with zero attached hydrogens (tertiary/aromatic N) is 5. The van der Waals surface area contributed by atoms with Crippen molar-refractivity contribution >= 4 is 28.5 Å². The lowest BCUT2D eigenvalue weighted by Gasteiger charge is -2.10. The highest BCUT2D eigenvalue weighted by molar-refractivity contribution is 6.29. The first-order chi connectivity index (χ1) is 13.7. The maximum Gasteiger partial charge on any atom is 0.332 e. The molecule has 0 N–H and O–H groups in total. The van der Waals surface area contributed by atoms with Crippen LogP contribution in [-0.2, 0) is 26.6 Å². The molecule has 0 saturated heterocycles. The van der Waals surface area contributed by atoms with Crippen LogP contribution < -0.4 is 11.2 Å². The molecule has 0 atom stereocenters. The van der Waals surface area contributed by atoms with Crippen molar-refractivity contribution in [2.75, 3.05) is 0 Å². The molecule has 0 spiro atoms. The van der Waals surface area contributed by atoms with Gasteiger partial charge < -0.3 is 4.57 Å². The van der Waals surface area contributed by atoms with Crippen molar-refractivity contribution in [1.29, 1.82) is 0 Å². The van der Waals surface area contributed by atoms with Gasteiger partial charge in [-0.2, -0.15) is 4.98 Å². The number of benzene rings is 1. The molecule has 152 valence electrons. The van der Waals surface area contributed by atoms with Crippen molar-refractivity contribution in [3.8, 4) is 0 Å². The van der Waals surface area contributed by atoms with Crippen molar-refractivity contribution in [1.82, 2.24) is 18.7 Å². The smallest absolute Gasteiger partial charge is 0.305 e. The molecule has 3 rings (SSSR count). The molecule has 10 heteroatoms. The SMILES string of the molecule is CC(C)=CCn1c(Cl)nc2c1c(=O)n(CCc1ccccc1[N+](=O)[O-])c(=O)n2C. The van der Waals surface area contributed by atoms with E-state index in [0.717, 1.165) is 10.1 Å². The molecule has 0 aliphatic rings. The van der Waals surface area contributed by atoms with E-state index in [9.17, 15) is 19.7 Å². The summed E-state index contributed by atoms with van der Waals surface area (Å²) in [4.78, 5) is 40.7. The van der Waals surface area contributed by atoms with Crippen LogP contribution in [0.25, 0.3) is 11.2 Å². The number of para-hydroxylation sites is 1. The molecule has 29 heavy (non-hydrogen) atoms. The summed E-state index contributed by atoms with van der Waals surface area (Å²) in [6.45, 7) is 4.19. The Morgan fingerprint density at radius 1 is 1.24 bits per heavy atom. The van der Waals surface area contributed by atoms with Crippen LogP contribution in [0.2, 0.25) is 5.28 Å². The van der Waals surface area contributed by atoms with Gasteiger partial charge in [0.15, 0.2) is 11.2 Å². The van der Waals surface area contributed by atoms with Crippen molar-refractivity contribution in [3.05, 3.63) is 77.7 Å². The molecular weight excluding hydrogens is 398 g/mol. The summed E-state index contributed by atoms with van der Waals surface area (Å²) < 4.78 is 3.88. The summed E-state index contributed by atoms with van der Waals surface area (Å²) in [7, 11) is 1.51. The predicted molar refractivity (Wildman–Crippen MR) is 110 cm³/mol. The largest absolute Gasteiger partial charge is 0.332 e. The van der Waals surface area contributed by atoms with Crippen LogP contribution in [0.15, 0.2) is 45.5 Å². The number of imidazole rings is 1. The molecule has 3 aromatic rings. The van der Waals surface area contributed by atoms with E-state index in [-0.39, 0.29) is 35.1 Å². The maximum absolute atomic E-state index is 13.1. The zero-order valence-electron chi connectivity index (χ0n) is 16.3. The molecule has 0 radical (unpaired) electrons. The molecule has 9 nitrogen and oxygen atoms in total. The lowest BCUT2D eigenvalue weighted by molar-refractivity contribution is -0.385. The minimum Gasteiger partial charge on any atom is -0.305 e. The van der Waals surface area contributed by atoms with E-state index in [0.29, 0.717) is 12.1 Å². The zero-order chi connectivity index (χ0) is 21.3. The minimum atomic E-state index is -0.551. The maximum atomic E-state index is 13.1. The van der Waals surface area contributed by atoms with Gasteiger partial charge in [-0.1, -0.05) is 29.8 Å². The quantitative estimate of drug-likeness (QED) is 0.265. The number of allylic oxidation sites excluding steroid dienone is 2. The third-order valence-electron chi connectivity index (χ3n) is 4.66. The Labute approximate surface area is 170 Å². The van der Waals surface area contributed by atoms with Gasteiger partial charge in [0.1, 0.15) is 0 Å². The van der Waals surface area contributed by atoms with Gasteiger partial charge in [-0.15, -0.1) is 0 Å². The fourth-order valence-electron chi connectivity index (χ4n) is 3.12. The highest BCUT2D eigenvalue weighted by atomic mass is 35.5. The van der Waals surface area contributed by atoms with E-state index in [1.54, 1.807) is 22.8 Å².